The maximum atomic E-state index is 13.2. The molecule has 3 aromatic heterocycles. The molecule has 0 unspecified atom stereocenters. The Hall–Kier alpha value is -3.86. The molecule has 0 radical (unpaired) electrons. The molecule has 2 amide bonds. The maximum absolute atomic E-state index is 13.2. The van der Waals surface area contributed by atoms with Gasteiger partial charge in [-0.1, -0.05) is 42.0 Å². The molecule has 2 aromatic carbocycles. The maximum Gasteiger partial charge on any atom is 0.255 e. The van der Waals surface area contributed by atoms with Crippen LogP contribution in [-0.4, -0.2) is 32.9 Å². The Labute approximate surface area is 224 Å². The molecule has 0 atom stereocenters. The van der Waals surface area contributed by atoms with Crippen LogP contribution in [0.25, 0.3) is 21.6 Å². The van der Waals surface area contributed by atoms with Crippen LogP contribution in [0.2, 0.25) is 5.02 Å². The molecule has 0 saturated heterocycles. The molecule has 0 aliphatic carbocycles. The van der Waals surface area contributed by atoms with Crippen LogP contribution >= 0.6 is 35.2 Å². The van der Waals surface area contributed by atoms with Crippen molar-refractivity contribution in [1.29, 1.82) is 0 Å². The number of rotatable bonds is 7. The zero-order chi connectivity index (χ0) is 25.9. The molecule has 0 aliphatic rings. The molecule has 11 heteroatoms. The number of amides is 2. The van der Waals surface area contributed by atoms with Crippen LogP contribution < -0.4 is 10.6 Å². The van der Waals surface area contributed by atoms with Crippen LogP contribution in [0.15, 0.2) is 72.4 Å². The normalized spacial score (nSPS) is 11.0. The third kappa shape index (κ3) is 5.04. The van der Waals surface area contributed by atoms with E-state index in [0.29, 0.717) is 49.7 Å². The van der Waals surface area contributed by atoms with E-state index in [0.717, 1.165) is 4.88 Å². The summed E-state index contributed by atoms with van der Waals surface area (Å²) in [5.41, 5.74) is 3.02. The Morgan fingerprint density at radius 3 is 2.49 bits per heavy atom. The molecule has 0 fully saturated rings. The van der Waals surface area contributed by atoms with E-state index in [2.05, 4.69) is 20.6 Å². The van der Waals surface area contributed by atoms with E-state index in [1.807, 2.05) is 16.0 Å². The van der Waals surface area contributed by atoms with Gasteiger partial charge < -0.3 is 20.2 Å². The van der Waals surface area contributed by atoms with E-state index in [1.165, 1.54) is 41.9 Å². The molecule has 0 aliphatic heterocycles. The summed E-state index contributed by atoms with van der Waals surface area (Å²) >= 11 is 13.6. The summed E-state index contributed by atoms with van der Waals surface area (Å²) in [7, 11) is 0. The van der Waals surface area contributed by atoms with Gasteiger partial charge in [-0.25, -0.2) is 9.37 Å². The first-order valence-electron chi connectivity index (χ1n) is 11.2. The molecule has 7 nitrogen and oxygen atoms in total. The second-order valence-corrected chi connectivity index (χ2v) is 9.72. The van der Waals surface area contributed by atoms with Gasteiger partial charge in [-0.2, -0.15) is 0 Å². The van der Waals surface area contributed by atoms with E-state index in [-0.39, 0.29) is 18.4 Å². The summed E-state index contributed by atoms with van der Waals surface area (Å²) in [5.74, 6) is -1.06. The Bertz CT molecular complexity index is 1660. The second-order valence-electron chi connectivity index (χ2n) is 7.98. The second kappa shape index (κ2) is 10.6. The molecule has 0 saturated carbocycles. The molecule has 37 heavy (non-hydrogen) atoms. The van der Waals surface area contributed by atoms with Crippen molar-refractivity contribution in [2.75, 3.05) is 11.9 Å². The van der Waals surface area contributed by atoms with Crippen LogP contribution in [-0.2, 0) is 6.54 Å². The molecule has 5 rings (SSSR count). The zero-order valence-corrected chi connectivity index (χ0v) is 21.5. The van der Waals surface area contributed by atoms with Crippen molar-refractivity contribution in [3.8, 4) is 10.6 Å². The van der Waals surface area contributed by atoms with Gasteiger partial charge in [0.15, 0.2) is 0 Å². The fourth-order valence-electron chi connectivity index (χ4n) is 3.99. The number of halogens is 2. The highest BCUT2D eigenvalue weighted by Gasteiger charge is 2.25. The van der Waals surface area contributed by atoms with E-state index >= 15 is 0 Å². The number of fused-ring (bicyclic) bond motifs is 1. The van der Waals surface area contributed by atoms with Crippen molar-refractivity contribution >= 4 is 63.7 Å². The first kappa shape index (κ1) is 24.8. The highest BCUT2D eigenvalue weighted by Crippen LogP contribution is 2.43. The highest BCUT2D eigenvalue weighted by molar-refractivity contribution is 7.71. The average molecular weight is 552 g/mol. The number of benzene rings is 2. The number of H-pyrrole nitrogens is 1. The molecular formula is C26H19ClFN5O2S2. The average Bonchev–Trinajstić information content (AvgIpc) is 3.46. The minimum Gasteiger partial charge on any atom is -0.350 e. The lowest BCUT2D eigenvalue weighted by atomic mass is 10.2. The van der Waals surface area contributed by atoms with Gasteiger partial charge in [0, 0.05) is 24.2 Å². The lowest BCUT2D eigenvalue weighted by molar-refractivity contribution is 0.0951. The van der Waals surface area contributed by atoms with Gasteiger partial charge in [0.2, 0.25) is 0 Å². The number of hydrogen-bond acceptors (Lipinski definition) is 5. The Morgan fingerprint density at radius 2 is 1.78 bits per heavy atom. The van der Waals surface area contributed by atoms with Crippen molar-refractivity contribution in [3.05, 3.63) is 99.0 Å². The number of thiophene rings is 1. The number of anilines is 1. The summed E-state index contributed by atoms with van der Waals surface area (Å²) in [6, 6.07) is 15.9. The Kier molecular flexibility index (Phi) is 7.13. The van der Waals surface area contributed by atoms with E-state index in [4.69, 9.17) is 23.8 Å². The smallest absolute Gasteiger partial charge is 0.255 e. The lowest BCUT2D eigenvalue weighted by Crippen LogP contribution is -2.27. The molecule has 0 spiro atoms. The van der Waals surface area contributed by atoms with Crippen LogP contribution in [0.5, 0.6) is 0 Å². The molecule has 186 valence electrons. The fraction of sp³-hybridized carbons (Fsp3) is 0.0769. The molecule has 3 N–H and O–H groups in total. The number of carbonyl (C=O) groups is 2. The van der Waals surface area contributed by atoms with E-state index in [9.17, 15) is 14.0 Å². The number of aromatic amines is 1. The third-order valence-corrected chi connectivity index (χ3v) is 7.34. The Balaban J connectivity index is 1.56. The predicted molar refractivity (Wildman–Crippen MR) is 146 cm³/mol. The summed E-state index contributed by atoms with van der Waals surface area (Å²) < 4.78 is 15.5. The Morgan fingerprint density at radius 1 is 1.05 bits per heavy atom. The summed E-state index contributed by atoms with van der Waals surface area (Å²) in [6.07, 6.45) is 1.48. The molecule has 3 heterocycles. The van der Waals surface area contributed by atoms with Gasteiger partial charge >= 0.3 is 0 Å². The van der Waals surface area contributed by atoms with Gasteiger partial charge in [0.05, 0.1) is 27.6 Å². The monoisotopic (exact) mass is 551 g/mol. The molecular weight excluding hydrogens is 533 g/mol. The van der Waals surface area contributed by atoms with Gasteiger partial charge in [-0.3, -0.25) is 9.59 Å². The SMILES string of the molecule is O=C(NCCn1c(-c2sccc2Cl)c(NC(=O)c2ccccc2)c2nc[nH]c(=S)c21)c1ccc(F)cc1. The van der Waals surface area contributed by atoms with E-state index < -0.39 is 5.82 Å². The molecule has 0 bridgehead atoms. The minimum atomic E-state index is -0.417. The predicted octanol–water partition coefficient (Wildman–Crippen LogP) is 6.30. The summed E-state index contributed by atoms with van der Waals surface area (Å²) in [4.78, 5) is 33.9. The van der Waals surface area contributed by atoms with Crippen LogP contribution in [0, 0.1) is 10.5 Å². The quantitative estimate of drug-likeness (QED) is 0.207. The highest BCUT2D eigenvalue weighted by atomic mass is 35.5. The number of carbonyl (C=O) groups excluding carboxylic acids is 2. The number of nitrogens with one attached hydrogen (secondary N) is 3. The van der Waals surface area contributed by atoms with Gasteiger partial charge in [0.1, 0.15) is 21.5 Å². The zero-order valence-electron chi connectivity index (χ0n) is 19.1. The number of aromatic nitrogens is 3. The largest absolute Gasteiger partial charge is 0.350 e. The first-order valence-corrected chi connectivity index (χ1v) is 12.8. The van der Waals surface area contributed by atoms with Crippen molar-refractivity contribution < 1.29 is 14.0 Å². The van der Waals surface area contributed by atoms with Crippen LogP contribution in [0.4, 0.5) is 10.1 Å². The number of hydrogen-bond donors (Lipinski definition) is 3. The standard InChI is InChI=1S/C26H19ClFN5O2S2/c27-18-10-13-37-23(18)21-20(32-25(35)15-4-2-1-3-5-15)19-22(26(36)31-14-30-19)33(21)12-11-29-24(34)16-6-8-17(28)9-7-16/h1-10,13-14H,11-12H2,(H,29,34)(H,32,35)(H,30,31,36). The van der Waals surface area contributed by atoms with Gasteiger partial charge in [0.25, 0.3) is 11.8 Å². The molecule has 5 aromatic rings. The van der Waals surface area contributed by atoms with Crippen molar-refractivity contribution in [2.45, 2.75) is 6.54 Å². The lowest BCUT2D eigenvalue weighted by Gasteiger charge is -2.13. The first-order chi connectivity index (χ1) is 17.9. The summed E-state index contributed by atoms with van der Waals surface area (Å²) in [5, 5.41) is 8.22. The topological polar surface area (TPSA) is 91.8 Å². The minimum absolute atomic E-state index is 0.228. The van der Waals surface area contributed by atoms with Crippen LogP contribution in [0.1, 0.15) is 20.7 Å². The fourth-order valence-corrected chi connectivity index (χ4v) is 5.45. The number of nitrogens with zero attached hydrogens (tertiary/aromatic N) is 2. The summed E-state index contributed by atoms with van der Waals surface area (Å²) in [6.45, 7) is 0.531. The van der Waals surface area contributed by atoms with Gasteiger partial charge in [-0.05, 0) is 47.8 Å². The van der Waals surface area contributed by atoms with Gasteiger partial charge in [-0.15, -0.1) is 11.3 Å². The van der Waals surface area contributed by atoms with Crippen LogP contribution in [0.3, 0.4) is 0 Å². The van der Waals surface area contributed by atoms with Crippen molar-refractivity contribution in [3.63, 3.8) is 0 Å². The third-order valence-electron chi connectivity index (χ3n) is 5.68. The van der Waals surface area contributed by atoms with E-state index in [1.54, 1.807) is 30.3 Å². The van der Waals surface area contributed by atoms with Crippen molar-refractivity contribution in [2.24, 2.45) is 0 Å². The van der Waals surface area contributed by atoms with Crippen molar-refractivity contribution in [1.82, 2.24) is 19.9 Å².